The van der Waals surface area contributed by atoms with Crippen LogP contribution >= 0.6 is 11.6 Å². The fraction of sp³-hybridized carbons (Fsp3) is 0.238. The van der Waals surface area contributed by atoms with E-state index < -0.39 is 0 Å². The van der Waals surface area contributed by atoms with Crippen molar-refractivity contribution in [2.45, 2.75) is 32.4 Å². The summed E-state index contributed by atoms with van der Waals surface area (Å²) < 4.78 is 1.64. The van der Waals surface area contributed by atoms with Crippen molar-refractivity contribution in [3.8, 4) is 16.9 Å². The number of nitrogens with zero attached hydrogens (tertiary/aromatic N) is 5. The van der Waals surface area contributed by atoms with Gasteiger partial charge in [0.25, 0.3) is 5.91 Å². The van der Waals surface area contributed by atoms with E-state index in [4.69, 9.17) is 11.6 Å². The van der Waals surface area contributed by atoms with Gasteiger partial charge in [-0.15, -0.1) is 5.10 Å². The molecule has 1 aliphatic rings. The third kappa shape index (κ3) is 4.31. The van der Waals surface area contributed by atoms with E-state index in [1.165, 1.54) is 0 Å². The van der Waals surface area contributed by atoms with Gasteiger partial charge in [0.15, 0.2) is 0 Å². The number of carbonyl (C=O) groups is 3. The Kier molecular flexibility index (Phi) is 5.77. The summed E-state index contributed by atoms with van der Waals surface area (Å²) in [6.45, 7) is 2.33. The Labute approximate surface area is 183 Å². The molecule has 1 atom stereocenters. The minimum atomic E-state index is -0.356. The third-order valence-corrected chi connectivity index (χ3v) is 5.43. The lowest BCUT2D eigenvalue weighted by Crippen LogP contribution is -2.34. The molecule has 0 bridgehead atoms. The molecule has 0 spiro atoms. The Bertz CT molecular complexity index is 1160. The largest absolute Gasteiger partial charge is 0.332 e. The molecule has 0 saturated heterocycles. The van der Waals surface area contributed by atoms with Gasteiger partial charge >= 0.3 is 0 Å². The van der Waals surface area contributed by atoms with Crippen LogP contribution in [0.5, 0.6) is 0 Å². The number of aromatic nitrogens is 4. The van der Waals surface area contributed by atoms with E-state index >= 15 is 0 Å². The fourth-order valence-electron chi connectivity index (χ4n) is 3.54. The molecule has 31 heavy (non-hydrogen) atoms. The van der Waals surface area contributed by atoms with Gasteiger partial charge in [0, 0.05) is 42.5 Å². The minimum Gasteiger partial charge on any atom is -0.332 e. The first-order valence-electron chi connectivity index (χ1n) is 9.67. The second-order valence-electron chi connectivity index (χ2n) is 7.29. The van der Waals surface area contributed by atoms with E-state index in [0.717, 1.165) is 16.8 Å². The van der Waals surface area contributed by atoms with Gasteiger partial charge in [-0.05, 0) is 43.2 Å². The zero-order valence-corrected chi connectivity index (χ0v) is 17.4. The maximum Gasteiger partial charge on any atom is 0.254 e. The van der Waals surface area contributed by atoms with E-state index in [1.807, 2.05) is 19.1 Å². The molecule has 1 unspecified atom stereocenters. The monoisotopic (exact) mass is 438 g/mol. The number of amides is 3. The average Bonchev–Trinajstić information content (AvgIpc) is 3.37. The van der Waals surface area contributed by atoms with Crippen molar-refractivity contribution in [3.63, 3.8) is 0 Å². The van der Waals surface area contributed by atoms with Crippen molar-refractivity contribution in [1.29, 1.82) is 0 Å². The lowest BCUT2D eigenvalue weighted by molar-refractivity contribution is -0.125. The second kappa shape index (κ2) is 8.65. The summed E-state index contributed by atoms with van der Waals surface area (Å²) in [5.74, 6) is -0.431. The first-order chi connectivity index (χ1) is 15.0. The summed E-state index contributed by atoms with van der Waals surface area (Å²) in [6, 6.07) is 7.12. The molecule has 1 N–H and O–H groups in total. The van der Waals surface area contributed by atoms with Crippen LogP contribution in [0, 0.1) is 0 Å². The number of halogens is 1. The topological polar surface area (TPSA) is 110 Å². The molecular formula is C21H19ClN6O3. The van der Waals surface area contributed by atoms with Gasteiger partial charge < -0.3 is 4.90 Å². The zero-order valence-electron chi connectivity index (χ0n) is 16.7. The lowest BCUT2D eigenvalue weighted by Gasteiger charge is -2.23. The van der Waals surface area contributed by atoms with Gasteiger partial charge in [-0.1, -0.05) is 16.8 Å². The fourth-order valence-corrected chi connectivity index (χ4v) is 3.71. The second-order valence-corrected chi connectivity index (χ2v) is 7.72. The molecule has 10 heteroatoms. The Balaban J connectivity index is 1.50. The highest BCUT2D eigenvalue weighted by Gasteiger charge is 2.31. The van der Waals surface area contributed by atoms with Gasteiger partial charge in [-0.3, -0.25) is 24.7 Å². The van der Waals surface area contributed by atoms with Crippen molar-refractivity contribution in [1.82, 2.24) is 30.2 Å². The lowest BCUT2D eigenvalue weighted by atomic mass is 10.1. The summed E-state index contributed by atoms with van der Waals surface area (Å²) in [7, 11) is 0. The molecule has 0 radical (unpaired) electrons. The van der Waals surface area contributed by atoms with Crippen molar-refractivity contribution in [3.05, 3.63) is 59.0 Å². The van der Waals surface area contributed by atoms with Gasteiger partial charge in [-0.2, -0.15) is 0 Å². The van der Waals surface area contributed by atoms with Crippen molar-refractivity contribution < 1.29 is 14.4 Å². The number of pyridine rings is 1. The number of fused-ring (bicyclic) bond motifs is 1. The summed E-state index contributed by atoms with van der Waals surface area (Å²) in [5, 5.41) is 11.0. The van der Waals surface area contributed by atoms with Crippen LogP contribution in [-0.2, 0) is 16.1 Å². The molecule has 2 aromatic heterocycles. The minimum absolute atomic E-state index is 0.0749. The molecular weight excluding hydrogens is 420 g/mol. The van der Waals surface area contributed by atoms with Crippen LogP contribution in [0.15, 0.2) is 42.9 Å². The number of rotatable bonds is 7. The molecule has 1 aromatic carbocycles. The van der Waals surface area contributed by atoms with Crippen LogP contribution in [0.25, 0.3) is 16.9 Å². The first-order valence-corrected chi connectivity index (χ1v) is 10.0. The van der Waals surface area contributed by atoms with Gasteiger partial charge in [-0.25, -0.2) is 4.68 Å². The number of nitrogens with one attached hydrogen (secondary N) is 1. The molecule has 0 fully saturated rings. The van der Waals surface area contributed by atoms with Crippen molar-refractivity contribution in [2.24, 2.45) is 0 Å². The molecule has 1 aliphatic heterocycles. The first kappa shape index (κ1) is 20.7. The number of benzene rings is 1. The Hall–Kier alpha value is -3.59. The van der Waals surface area contributed by atoms with Crippen molar-refractivity contribution in [2.75, 3.05) is 0 Å². The number of imide groups is 1. The number of carbonyl (C=O) groups excluding carboxylic acids is 3. The van der Waals surface area contributed by atoms with Crippen LogP contribution in [-0.4, -0.2) is 49.1 Å². The Morgan fingerprint density at radius 1 is 1.32 bits per heavy atom. The SMILES string of the molecule is CC(CCC(=O)NC=O)N1Cc2cc(-n3cc(-c4cncc(Cl)c4)nn3)ccc2C1=O. The molecule has 4 rings (SSSR count). The quantitative estimate of drug-likeness (QED) is 0.567. The smallest absolute Gasteiger partial charge is 0.254 e. The number of hydrogen-bond acceptors (Lipinski definition) is 6. The van der Waals surface area contributed by atoms with Crippen LogP contribution in [0.1, 0.15) is 35.7 Å². The summed E-state index contributed by atoms with van der Waals surface area (Å²) in [5.41, 5.74) is 3.68. The zero-order chi connectivity index (χ0) is 22.0. The molecule has 0 aliphatic carbocycles. The Morgan fingerprint density at radius 2 is 2.16 bits per heavy atom. The van der Waals surface area contributed by atoms with Crippen LogP contribution < -0.4 is 5.32 Å². The molecule has 0 saturated carbocycles. The van der Waals surface area contributed by atoms with Gasteiger partial charge in [0.2, 0.25) is 12.3 Å². The van der Waals surface area contributed by atoms with Crippen LogP contribution in [0.3, 0.4) is 0 Å². The molecule has 3 heterocycles. The van der Waals surface area contributed by atoms with E-state index in [0.29, 0.717) is 35.7 Å². The normalized spacial score (nSPS) is 13.7. The van der Waals surface area contributed by atoms with Gasteiger partial charge in [0.1, 0.15) is 5.69 Å². The average molecular weight is 439 g/mol. The standard InChI is InChI=1S/C21H19ClN6O3/c1-13(2-5-20(30)24-12-29)27-10-15-7-17(3-4-18(15)21(27)31)28-11-19(25-26-28)14-6-16(22)9-23-8-14/h3-4,6-9,11-13H,2,5,10H2,1H3,(H,24,29,30). The molecule has 9 nitrogen and oxygen atoms in total. The van der Waals surface area contributed by atoms with E-state index in [-0.39, 0.29) is 24.3 Å². The highest BCUT2D eigenvalue weighted by atomic mass is 35.5. The van der Waals surface area contributed by atoms with Crippen molar-refractivity contribution >= 4 is 29.8 Å². The van der Waals surface area contributed by atoms with Crippen LogP contribution in [0.4, 0.5) is 0 Å². The maximum atomic E-state index is 12.8. The highest BCUT2D eigenvalue weighted by Crippen LogP contribution is 2.28. The van der Waals surface area contributed by atoms with E-state index in [2.05, 4.69) is 20.6 Å². The highest BCUT2D eigenvalue weighted by molar-refractivity contribution is 6.30. The number of hydrogen-bond donors (Lipinski definition) is 1. The predicted molar refractivity (Wildman–Crippen MR) is 112 cm³/mol. The third-order valence-electron chi connectivity index (χ3n) is 5.22. The summed E-state index contributed by atoms with van der Waals surface area (Å²) in [6.07, 6.45) is 5.99. The van der Waals surface area contributed by atoms with E-state index in [9.17, 15) is 14.4 Å². The molecule has 3 amide bonds. The maximum absolute atomic E-state index is 12.8. The summed E-state index contributed by atoms with van der Waals surface area (Å²) >= 11 is 6.00. The molecule has 158 valence electrons. The summed E-state index contributed by atoms with van der Waals surface area (Å²) in [4.78, 5) is 40.4. The van der Waals surface area contributed by atoms with E-state index in [1.54, 1.807) is 40.3 Å². The van der Waals surface area contributed by atoms with Gasteiger partial charge in [0.05, 0.1) is 16.9 Å². The predicted octanol–water partition coefficient (Wildman–Crippen LogP) is 2.38. The van der Waals surface area contributed by atoms with Crippen LogP contribution in [0.2, 0.25) is 5.02 Å². The Morgan fingerprint density at radius 3 is 2.94 bits per heavy atom. The molecule has 3 aromatic rings.